The number of hydrogen-bond acceptors (Lipinski definition) is 5. The summed E-state index contributed by atoms with van der Waals surface area (Å²) < 4.78 is 17.0. The van der Waals surface area contributed by atoms with Gasteiger partial charge in [-0.2, -0.15) is 0 Å². The van der Waals surface area contributed by atoms with E-state index in [9.17, 15) is 4.79 Å². The Morgan fingerprint density at radius 3 is 2.55 bits per heavy atom. The first-order valence-electron chi connectivity index (χ1n) is 10.9. The number of ether oxygens (including phenoxy) is 3. The molecule has 2 aromatic carbocycles. The molecule has 0 radical (unpaired) electrons. The topological polar surface area (TPSA) is 51.2 Å². The van der Waals surface area contributed by atoms with E-state index in [-0.39, 0.29) is 18.1 Å². The van der Waals surface area contributed by atoms with Crippen molar-refractivity contribution in [2.75, 3.05) is 47.0 Å². The van der Waals surface area contributed by atoms with Crippen molar-refractivity contribution in [1.82, 2.24) is 9.80 Å². The molecule has 3 rings (SSSR count). The van der Waals surface area contributed by atoms with E-state index in [1.807, 2.05) is 47.4 Å². The van der Waals surface area contributed by atoms with Crippen molar-refractivity contribution in [1.29, 1.82) is 0 Å². The van der Waals surface area contributed by atoms with Crippen LogP contribution in [0.5, 0.6) is 5.75 Å². The van der Waals surface area contributed by atoms with E-state index in [0.29, 0.717) is 39.4 Å². The van der Waals surface area contributed by atoms with E-state index < -0.39 is 0 Å². The van der Waals surface area contributed by atoms with Crippen LogP contribution in [0.2, 0.25) is 0 Å². The fourth-order valence-corrected chi connectivity index (χ4v) is 3.89. The Morgan fingerprint density at radius 2 is 1.81 bits per heavy atom. The van der Waals surface area contributed by atoms with Crippen molar-refractivity contribution in [3.63, 3.8) is 0 Å². The summed E-state index contributed by atoms with van der Waals surface area (Å²) in [5.74, 6) is 0.961. The summed E-state index contributed by atoms with van der Waals surface area (Å²) in [7, 11) is 3.36. The van der Waals surface area contributed by atoms with Gasteiger partial charge in [0.15, 0.2) is 0 Å². The number of rotatable bonds is 10. The molecule has 168 valence electrons. The summed E-state index contributed by atoms with van der Waals surface area (Å²) in [6.07, 6.45) is 0.760. The molecule has 1 aliphatic heterocycles. The van der Waals surface area contributed by atoms with E-state index >= 15 is 0 Å². The minimum absolute atomic E-state index is 0.0762. The minimum Gasteiger partial charge on any atom is -0.497 e. The van der Waals surface area contributed by atoms with E-state index in [2.05, 4.69) is 24.0 Å². The average Bonchev–Trinajstić information content (AvgIpc) is 2.96. The van der Waals surface area contributed by atoms with Gasteiger partial charge in [-0.25, -0.2) is 0 Å². The Labute approximate surface area is 185 Å². The number of methoxy groups -OCH3 is 2. The first-order chi connectivity index (χ1) is 15.1. The second-order valence-corrected chi connectivity index (χ2v) is 8.09. The molecule has 0 saturated carbocycles. The molecule has 6 heteroatoms. The van der Waals surface area contributed by atoms with Gasteiger partial charge in [-0.15, -0.1) is 0 Å². The van der Waals surface area contributed by atoms with Crippen LogP contribution >= 0.6 is 0 Å². The van der Waals surface area contributed by atoms with Gasteiger partial charge in [0, 0.05) is 32.8 Å². The number of benzene rings is 2. The van der Waals surface area contributed by atoms with Crippen LogP contribution in [0, 0.1) is 0 Å². The Balaban J connectivity index is 1.68. The lowest BCUT2D eigenvalue weighted by molar-refractivity contribution is -0.132. The van der Waals surface area contributed by atoms with E-state index in [1.54, 1.807) is 14.2 Å². The van der Waals surface area contributed by atoms with Crippen LogP contribution in [0.4, 0.5) is 0 Å². The zero-order valence-electron chi connectivity index (χ0n) is 18.8. The van der Waals surface area contributed by atoms with Gasteiger partial charge >= 0.3 is 0 Å². The molecule has 1 saturated heterocycles. The number of carbonyl (C=O) groups excluding carboxylic acids is 1. The van der Waals surface area contributed by atoms with Crippen LogP contribution in [-0.4, -0.2) is 74.9 Å². The highest BCUT2D eigenvalue weighted by Crippen LogP contribution is 2.17. The summed E-state index contributed by atoms with van der Waals surface area (Å²) in [6.45, 7) is 5.52. The summed E-state index contributed by atoms with van der Waals surface area (Å²) in [5.41, 5.74) is 2.29. The van der Waals surface area contributed by atoms with Crippen LogP contribution < -0.4 is 4.74 Å². The molecule has 0 aromatic heterocycles. The molecule has 2 atom stereocenters. The Morgan fingerprint density at radius 1 is 1.03 bits per heavy atom. The van der Waals surface area contributed by atoms with Gasteiger partial charge in [-0.05, 0) is 36.6 Å². The van der Waals surface area contributed by atoms with Crippen LogP contribution in [0.3, 0.4) is 0 Å². The van der Waals surface area contributed by atoms with Crippen LogP contribution in [0.15, 0.2) is 54.6 Å². The lowest BCUT2D eigenvalue weighted by atomic mass is 10.1. The summed E-state index contributed by atoms with van der Waals surface area (Å²) >= 11 is 0. The van der Waals surface area contributed by atoms with Crippen LogP contribution in [0.1, 0.15) is 18.1 Å². The fraction of sp³-hybridized carbons (Fsp3) is 0.480. The molecule has 1 fully saturated rings. The SMILES string of the molecule is COCC(C)N1CC(=O)N(CCc2ccccc2)CC(OCc2cccc(OC)c2)C1. The molecule has 1 amide bonds. The lowest BCUT2D eigenvalue weighted by Gasteiger charge is -2.28. The molecule has 2 aromatic rings. The average molecular weight is 427 g/mol. The highest BCUT2D eigenvalue weighted by atomic mass is 16.5. The van der Waals surface area contributed by atoms with E-state index in [1.165, 1.54) is 5.56 Å². The summed E-state index contributed by atoms with van der Waals surface area (Å²) in [5, 5.41) is 0. The summed E-state index contributed by atoms with van der Waals surface area (Å²) in [4.78, 5) is 17.1. The standard InChI is InChI=1S/C25H34N2O4/c1-20(18-29-2)27-16-24(31-19-22-10-7-11-23(14-22)30-3)15-26(25(28)17-27)13-12-21-8-5-4-6-9-21/h4-11,14,20,24H,12-13,15-19H2,1-3H3. The molecule has 0 N–H and O–H groups in total. The minimum atomic E-state index is -0.0762. The molecule has 0 aliphatic carbocycles. The lowest BCUT2D eigenvalue weighted by Crippen LogP contribution is -2.43. The van der Waals surface area contributed by atoms with Crippen molar-refractivity contribution in [3.8, 4) is 5.75 Å². The third-order valence-corrected chi connectivity index (χ3v) is 5.72. The second kappa shape index (κ2) is 11.8. The van der Waals surface area contributed by atoms with Crippen molar-refractivity contribution in [3.05, 3.63) is 65.7 Å². The number of amides is 1. The van der Waals surface area contributed by atoms with Gasteiger partial charge in [0.25, 0.3) is 0 Å². The predicted octanol–water partition coefficient (Wildman–Crippen LogP) is 3.00. The highest BCUT2D eigenvalue weighted by molar-refractivity contribution is 5.78. The third kappa shape index (κ3) is 7.06. The Bertz CT molecular complexity index is 814. The summed E-state index contributed by atoms with van der Waals surface area (Å²) in [6, 6.07) is 18.3. The van der Waals surface area contributed by atoms with Crippen molar-refractivity contribution < 1.29 is 19.0 Å². The normalized spacial score (nSPS) is 18.6. The zero-order chi connectivity index (χ0) is 22.1. The van der Waals surface area contributed by atoms with Gasteiger partial charge in [0.05, 0.1) is 33.0 Å². The highest BCUT2D eigenvalue weighted by Gasteiger charge is 2.30. The van der Waals surface area contributed by atoms with Crippen molar-refractivity contribution >= 4 is 5.91 Å². The third-order valence-electron chi connectivity index (χ3n) is 5.72. The van der Waals surface area contributed by atoms with Gasteiger partial charge in [-0.1, -0.05) is 42.5 Å². The maximum absolute atomic E-state index is 13.0. The maximum atomic E-state index is 13.0. The van der Waals surface area contributed by atoms with Crippen LogP contribution in [0.25, 0.3) is 0 Å². The van der Waals surface area contributed by atoms with Gasteiger partial charge in [-0.3, -0.25) is 9.69 Å². The Kier molecular flexibility index (Phi) is 8.88. The number of hydrogen-bond donors (Lipinski definition) is 0. The van der Waals surface area contributed by atoms with Gasteiger partial charge in [0.1, 0.15) is 5.75 Å². The van der Waals surface area contributed by atoms with Gasteiger partial charge < -0.3 is 19.1 Å². The predicted molar refractivity (Wildman–Crippen MR) is 121 cm³/mol. The maximum Gasteiger partial charge on any atom is 0.236 e. The largest absolute Gasteiger partial charge is 0.497 e. The Hall–Kier alpha value is -2.41. The molecular weight excluding hydrogens is 392 g/mol. The van der Waals surface area contributed by atoms with Gasteiger partial charge in [0.2, 0.25) is 5.91 Å². The fourth-order valence-electron chi connectivity index (χ4n) is 3.89. The van der Waals surface area contributed by atoms with Crippen molar-refractivity contribution in [2.45, 2.75) is 32.1 Å². The first kappa shape index (κ1) is 23.3. The molecule has 31 heavy (non-hydrogen) atoms. The first-order valence-corrected chi connectivity index (χ1v) is 10.9. The zero-order valence-corrected chi connectivity index (χ0v) is 18.8. The molecule has 1 aliphatic rings. The second-order valence-electron chi connectivity index (χ2n) is 8.09. The number of nitrogens with zero attached hydrogens (tertiary/aromatic N) is 2. The monoisotopic (exact) mass is 426 g/mol. The van der Waals surface area contributed by atoms with E-state index in [0.717, 1.165) is 17.7 Å². The molecular formula is C25H34N2O4. The number of carbonyl (C=O) groups is 1. The smallest absolute Gasteiger partial charge is 0.236 e. The van der Waals surface area contributed by atoms with E-state index in [4.69, 9.17) is 14.2 Å². The molecule has 2 unspecified atom stereocenters. The molecule has 6 nitrogen and oxygen atoms in total. The molecule has 0 spiro atoms. The molecule has 0 bridgehead atoms. The van der Waals surface area contributed by atoms with Crippen LogP contribution in [-0.2, 0) is 27.3 Å². The quantitative estimate of drug-likeness (QED) is 0.585. The molecule has 1 heterocycles. The van der Waals surface area contributed by atoms with Crippen molar-refractivity contribution in [2.24, 2.45) is 0 Å².